The van der Waals surface area contributed by atoms with E-state index in [2.05, 4.69) is 20.0 Å². The van der Waals surface area contributed by atoms with Crippen LogP contribution in [0.2, 0.25) is 0 Å². The average Bonchev–Trinajstić information content (AvgIpc) is 2.96. The molecule has 0 amide bonds. The van der Waals surface area contributed by atoms with Crippen LogP contribution in [0.3, 0.4) is 0 Å². The van der Waals surface area contributed by atoms with Crippen LogP contribution in [0.4, 0.5) is 5.82 Å². The van der Waals surface area contributed by atoms with Gasteiger partial charge in [0.15, 0.2) is 5.82 Å². The average molecular weight is 346 g/mol. The first-order valence-corrected chi connectivity index (χ1v) is 8.77. The van der Waals surface area contributed by atoms with Gasteiger partial charge >= 0.3 is 5.97 Å². The Morgan fingerprint density at radius 3 is 2.92 bits per heavy atom. The number of piperidine rings is 1. The van der Waals surface area contributed by atoms with Crippen LogP contribution in [-0.4, -0.2) is 64.2 Å². The third-order valence-corrected chi connectivity index (χ3v) is 4.41. The van der Waals surface area contributed by atoms with Gasteiger partial charge in [-0.1, -0.05) is 0 Å². The fourth-order valence-corrected chi connectivity index (χ4v) is 3.25. The number of aromatic nitrogens is 4. The molecule has 0 bridgehead atoms. The SMILES string of the molecule is CCOC(=O)[C@H]1CCCN(Cc2nc3nc(C)cc(N(C)C)n3n2)C1. The van der Waals surface area contributed by atoms with Crippen LogP contribution in [-0.2, 0) is 16.1 Å². The van der Waals surface area contributed by atoms with Gasteiger partial charge in [-0.25, -0.2) is 4.98 Å². The molecule has 2 aromatic rings. The lowest BCUT2D eigenvalue weighted by Crippen LogP contribution is -2.39. The van der Waals surface area contributed by atoms with Crippen LogP contribution >= 0.6 is 0 Å². The van der Waals surface area contributed by atoms with Gasteiger partial charge in [-0.2, -0.15) is 9.50 Å². The highest BCUT2D eigenvalue weighted by Gasteiger charge is 2.27. The molecule has 1 atom stereocenters. The Labute approximate surface area is 147 Å². The number of anilines is 1. The number of carbonyl (C=O) groups excluding carboxylic acids is 1. The minimum atomic E-state index is -0.0950. The van der Waals surface area contributed by atoms with E-state index in [-0.39, 0.29) is 11.9 Å². The predicted molar refractivity (Wildman–Crippen MR) is 94.5 cm³/mol. The molecule has 1 aliphatic heterocycles. The van der Waals surface area contributed by atoms with Crippen molar-refractivity contribution >= 4 is 17.6 Å². The van der Waals surface area contributed by atoms with E-state index in [4.69, 9.17) is 4.74 Å². The number of carbonyl (C=O) groups is 1. The van der Waals surface area contributed by atoms with Crippen molar-refractivity contribution in [3.63, 3.8) is 0 Å². The van der Waals surface area contributed by atoms with E-state index in [1.165, 1.54) is 0 Å². The molecular formula is C17H26N6O2. The van der Waals surface area contributed by atoms with Crippen LogP contribution in [0.5, 0.6) is 0 Å². The molecule has 0 radical (unpaired) electrons. The molecule has 3 heterocycles. The monoisotopic (exact) mass is 346 g/mol. The molecule has 1 aliphatic rings. The summed E-state index contributed by atoms with van der Waals surface area (Å²) in [6.07, 6.45) is 1.87. The molecule has 0 N–H and O–H groups in total. The van der Waals surface area contributed by atoms with Gasteiger partial charge in [-0.15, -0.1) is 5.10 Å². The van der Waals surface area contributed by atoms with Gasteiger partial charge in [0.1, 0.15) is 5.82 Å². The Morgan fingerprint density at radius 2 is 2.20 bits per heavy atom. The molecule has 3 rings (SSSR count). The zero-order chi connectivity index (χ0) is 18.0. The van der Waals surface area contributed by atoms with Gasteiger partial charge in [-0.05, 0) is 33.2 Å². The van der Waals surface area contributed by atoms with Crippen molar-refractivity contribution in [2.24, 2.45) is 5.92 Å². The van der Waals surface area contributed by atoms with Crippen LogP contribution < -0.4 is 4.90 Å². The van der Waals surface area contributed by atoms with E-state index in [9.17, 15) is 4.79 Å². The normalized spacial score (nSPS) is 18.5. The van der Waals surface area contributed by atoms with E-state index in [1.54, 1.807) is 4.52 Å². The first-order valence-electron chi connectivity index (χ1n) is 8.77. The predicted octanol–water partition coefficient (Wildman–Crippen LogP) is 1.27. The number of hydrogen-bond donors (Lipinski definition) is 0. The van der Waals surface area contributed by atoms with Crippen molar-refractivity contribution in [1.82, 2.24) is 24.5 Å². The fraction of sp³-hybridized carbons (Fsp3) is 0.647. The zero-order valence-electron chi connectivity index (χ0n) is 15.4. The highest BCUT2D eigenvalue weighted by molar-refractivity contribution is 5.72. The minimum Gasteiger partial charge on any atom is -0.466 e. The summed E-state index contributed by atoms with van der Waals surface area (Å²) in [7, 11) is 3.95. The van der Waals surface area contributed by atoms with Crippen molar-refractivity contribution in [3.8, 4) is 0 Å². The van der Waals surface area contributed by atoms with E-state index in [0.717, 1.165) is 36.7 Å². The Balaban J connectivity index is 1.76. The van der Waals surface area contributed by atoms with Gasteiger partial charge < -0.3 is 9.64 Å². The van der Waals surface area contributed by atoms with Crippen molar-refractivity contribution < 1.29 is 9.53 Å². The van der Waals surface area contributed by atoms with E-state index in [0.29, 0.717) is 25.5 Å². The summed E-state index contributed by atoms with van der Waals surface area (Å²) in [5, 5.41) is 4.62. The molecule has 8 heteroatoms. The van der Waals surface area contributed by atoms with Crippen LogP contribution in [0.15, 0.2) is 6.07 Å². The third-order valence-electron chi connectivity index (χ3n) is 4.41. The largest absolute Gasteiger partial charge is 0.466 e. The number of rotatable bonds is 5. The number of nitrogens with zero attached hydrogens (tertiary/aromatic N) is 6. The summed E-state index contributed by atoms with van der Waals surface area (Å²) in [5.41, 5.74) is 0.912. The van der Waals surface area contributed by atoms with Gasteiger partial charge in [0.05, 0.1) is 19.1 Å². The Bertz CT molecular complexity index is 757. The topological polar surface area (TPSA) is 75.9 Å². The summed E-state index contributed by atoms with van der Waals surface area (Å²) in [4.78, 5) is 25.3. The fourth-order valence-electron chi connectivity index (χ4n) is 3.25. The minimum absolute atomic E-state index is 0.0524. The zero-order valence-corrected chi connectivity index (χ0v) is 15.4. The number of likely N-dealkylation sites (tertiary alicyclic amines) is 1. The number of esters is 1. The van der Waals surface area contributed by atoms with E-state index < -0.39 is 0 Å². The first kappa shape index (κ1) is 17.6. The van der Waals surface area contributed by atoms with Crippen LogP contribution in [0.25, 0.3) is 5.78 Å². The molecule has 8 nitrogen and oxygen atoms in total. The van der Waals surface area contributed by atoms with Gasteiger partial charge in [0, 0.05) is 32.4 Å². The second-order valence-corrected chi connectivity index (χ2v) is 6.72. The first-order chi connectivity index (χ1) is 12.0. The number of ether oxygens (including phenoxy) is 1. The maximum Gasteiger partial charge on any atom is 0.310 e. The molecule has 0 saturated carbocycles. The molecular weight excluding hydrogens is 320 g/mol. The second kappa shape index (κ2) is 7.35. The third kappa shape index (κ3) is 3.89. The number of fused-ring (bicyclic) bond motifs is 1. The second-order valence-electron chi connectivity index (χ2n) is 6.72. The molecule has 2 aromatic heterocycles. The summed E-state index contributed by atoms with van der Waals surface area (Å²) >= 11 is 0. The quantitative estimate of drug-likeness (QED) is 0.755. The standard InChI is InChI=1S/C17H26N6O2/c1-5-25-16(24)13-7-6-8-22(10-13)11-14-19-17-18-12(2)9-15(21(3)4)23(17)20-14/h9,13H,5-8,10-11H2,1-4H3/t13-/m0/s1. The highest BCUT2D eigenvalue weighted by Crippen LogP contribution is 2.20. The lowest BCUT2D eigenvalue weighted by molar-refractivity contribution is -0.150. The molecule has 0 spiro atoms. The summed E-state index contributed by atoms with van der Waals surface area (Å²) < 4.78 is 6.94. The molecule has 136 valence electrons. The van der Waals surface area contributed by atoms with Crippen LogP contribution in [0.1, 0.15) is 31.3 Å². The van der Waals surface area contributed by atoms with E-state index in [1.807, 2.05) is 38.9 Å². The van der Waals surface area contributed by atoms with Crippen molar-refractivity contribution in [3.05, 3.63) is 17.6 Å². The smallest absolute Gasteiger partial charge is 0.310 e. The Morgan fingerprint density at radius 1 is 1.40 bits per heavy atom. The van der Waals surface area contributed by atoms with Gasteiger partial charge in [-0.3, -0.25) is 9.69 Å². The molecule has 0 unspecified atom stereocenters. The van der Waals surface area contributed by atoms with Gasteiger partial charge in [0.25, 0.3) is 5.78 Å². The lowest BCUT2D eigenvalue weighted by Gasteiger charge is -2.30. The molecule has 0 aromatic carbocycles. The number of aryl methyl sites for hydroxylation is 1. The van der Waals surface area contributed by atoms with Crippen molar-refractivity contribution in [2.75, 3.05) is 38.7 Å². The lowest BCUT2D eigenvalue weighted by atomic mass is 9.98. The molecule has 1 fully saturated rings. The molecule has 1 saturated heterocycles. The maximum atomic E-state index is 12.0. The number of hydrogen-bond acceptors (Lipinski definition) is 7. The van der Waals surface area contributed by atoms with E-state index >= 15 is 0 Å². The Kier molecular flexibility index (Phi) is 5.17. The summed E-state index contributed by atoms with van der Waals surface area (Å²) in [5.74, 6) is 2.14. The summed E-state index contributed by atoms with van der Waals surface area (Å²) in [6.45, 7) is 6.49. The Hall–Kier alpha value is -2.22. The van der Waals surface area contributed by atoms with Crippen molar-refractivity contribution in [2.45, 2.75) is 33.2 Å². The van der Waals surface area contributed by atoms with Crippen molar-refractivity contribution in [1.29, 1.82) is 0 Å². The van der Waals surface area contributed by atoms with Crippen LogP contribution in [0, 0.1) is 12.8 Å². The highest BCUT2D eigenvalue weighted by atomic mass is 16.5. The maximum absolute atomic E-state index is 12.0. The molecule has 25 heavy (non-hydrogen) atoms. The molecule has 0 aliphatic carbocycles. The van der Waals surface area contributed by atoms with Gasteiger partial charge in [0.2, 0.25) is 0 Å². The summed E-state index contributed by atoms with van der Waals surface area (Å²) in [6, 6.07) is 1.99.